The van der Waals surface area contributed by atoms with Gasteiger partial charge in [-0.15, -0.1) is 0 Å². The molecule has 0 aliphatic carbocycles. The Morgan fingerprint density at radius 3 is 2.72 bits per heavy atom. The Hall–Kier alpha value is -1.86. The number of nitrogens with zero attached hydrogens (tertiary/aromatic N) is 2. The van der Waals surface area contributed by atoms with Crippen LogP contribution in [0.2, 0.25) is 0 Å². The minimum atomic E-state index is -0.209. The first-order valence-corrected chi connectivity index (χ1v) is 6.08. The molecule has 1 amide bonds. The van der Waals surface area contributed by atoms with E-state index < -0.39 is 0 Å². The predicted molar refractivity (Wildman–Crippen MR) is 70.8 cm³/mol. The van der Waals surface area contributed by atoms with Crippen LogP contribution in [-0.4, -0.2) is 30.4 Å². The van der Waals surface area contributed by atoms with Gasteiger partial charge in [-0.05, 0) is 32.5 Å². The molecular formula is C14H19N3O. The van der Waals surface area contributed by atoms with Gasteiger partial charge >= 0.3 is 0 Å². The second-order valence-electron chi connectivity index (χ2n) is 4.13. The third-order valence-corrected chi connectivity index (χ3v) is 3.00. The second-order valence-corrected chi connectivity index (χ2v) is 4.13. The van der Waals surface area contributed by atoms with E-state index >= 15 is 0 Å². The van der Waals surface area contributed by atoms with Gasteiger partial charge in [0.15, 0.2) is 0 Å². The van der Waals surface area contributed by atoms with Crippen LogP contribution in [0.3, 0.4) is 0 Å². The first-order valence-electron chi connectivity index (χ1n) is 6.08. The summed E-state index contributed by atoms with van der Waals surface area (Å²) >= 11 is 0. The third kappa shape index (κ3) is 3.31. The molecule has 1 N–H and O–H groups in total. The molecule has 0 radical (unpaired) electrons. The molecule has 96 valence electrons. The van der Waals surface area contributed by atoms with Gasteiger partial charge in [0.2, 0.25) is 5.91 Å². The number of nitrogens with one attached hydrogen (secondary N) is 1. The maximum Gasteiger partial charge on any atom is 0.239 e. The van der Waals surface area contributed by atoms with Gasteiger partial charge in [0.05, 0.1) is 17.7 Å². The maximum atomic E-state index is 12.1. The highest BCUT2D eigenvalue weighted by molar-refractivity contribution is 5.81. The lowest BCUT2D eigenvalue weighted by Gasteiger charge is -2.24. The van der Waals surface area contributed by atoms with E-state index in [9.17, 15) is 4.79 Å². The normalized spacial score (nSPS) is 11.7. The largest absolute Gasteiger partial charge is 0.337 e. The third-order valence-electron chi connectivity index (χ3n) is 3.00. The average molecular weight is 245 g/mol. The lowest BCUT2D eigenvalue weighted by molar-refractivity contribution is -0.133. The first kappa shape index (κ1) is 14.2. The molecule has 18 heavy (non-hydrogen) atoms. The summed E-state index contributed by atoms with van der Waals surface area (Å²) in [6.07, 6.45) is 0. The maximum absolute atomic E-state index is 12.1. The Balaban J connectivity index is 2.87. The minimum absolute atomic E-state index is 0.0488. The van der Waals surface area contributed by atoms with Crippen molar-refractivity contribution in [3.05, 3.63) is 35.4 Å². The fourth-order valence-corrected chi connectivity index (χ4v) is 1.72. The quantitative estimate of drug-likeness (QED) is 0.855. The highest BCUT2D eigenvalue weighted by atomic mass is 16.2. The number of nitriles is 1. The molecule has 1 aromatic rings. The highest BCUT2D eigenvalue weighted by Gasteiger charge is 2.18. The van der Waals surface area contributed by atoms with E-state index in [1.54, 1.807) is 18.0 Å². The van der Waals surface area contributed by atoms with Crippen LogP contribution in [0.1, 0.15) is 25.0 Å². The van der Waals surface area contributed by atoms with Crippen LogP contribution in [0.15, 0.2) is 24.3 Å². The van der Waals surface area contributed by atoms with Crippen LogP contribution in [0.25, 0.3) is 0 Å². The Bertz CT molecular complexity index is 451. The average Bonchev–Trinajstić information content (AvgIpc) is 2.43. The van der Waals surface area contributed by atoms with Crippen molar-refractivity contribution in [3.63, 3.8) is 0 Å². The molecule has 0 aromatic heterocycles. The van der Waals surface area contributed by atoms with Crippen LogP contribution < -0.4 is 5.32 Å². The standard InChI is InChI=1S/C14H19N3O/c1-4-17(14(18)11(2)16-3)10-13-8-6-5-7-12(13)9-15/h5-8,11,16H,4,10H2,1-3H3. The van der Waals surface area contributed by atoms with Gasteiger partial charge in [0.1, 0.15) is 0 Å². The van der Waals surface area contributed by atoms with Crippen molar-refractivity contribution in [1.82, 2.24) is 10.2 Å². The Morgan fingerprint density at radius 1 is 1.50 bits per heavy atom. The molecule has 1 atom stereocenters. The fraction of sp³-hybridized carbons (Fsp3) is 0.429. The molecular weight excluding hydrogens is 226 g/mol. The smallest absolute Gasteiger partial charge is 0.239 e. The van der Waals surface area contributed by atoms with Gasteiger partial charge in [-0.3, -0.25) is 4.79 Å². The number of hydrogen-bond donors (Lipinski definition) is 1. The number of carbonyl (C=O) groups is 1. The molecule has 0 spiro atoms. The van der Waals surface area contributed by atoms with Crippen LogP contribution in [0.5, 0.6) is 0 Å². The zero-order valence-corrected chi connectivity index (χ0v) is 11.1. The van der Waals surface area contributed by atoms with Crippen LogP contribution in [0.4, 0.5) is 0 Å². The van der Waals surface area contributed by atoms with Gasteiger partial charge in [-0.25, -0.2) is 0 Å². The SMILES string of the molecule is CCN(Cc1ccccc1C#N)C(=O)C(C)NC. The van der Waals surface area contributed by atoms with Gasteiger partial charge in [-0.2, -0.15) is 5.26 Å². The Morgan fingerprint density at radius 2 is 2.17 bits per heavy atom. The van der Waals surface area contributed by atoms with Crippen molar-refractivity contribution in [1.29, 1.82) is 5.26 Å². The summed E-state index contributed by atoms with van der Waals surface area (Å²) in [5.41, 5.74) is 1.51. The summed E-state index contributed by atoms with van der Waals surface area (Å²) in [7, 11) is 1.76. The Kier molecular flexibility index (Phi) is 5.34. The number of carbonyl (C=O) groups excluding carboxylic acids is 1. The summed E-state index contributed by atoms with van der Waals surface area (Å²) in [5, 5.41) is 12.0. The van der Waals surface area contributed by atoms with Gasteiger partial charge in [-0.1, -0.05) is 18.2 Å². The van der Waals surface area contributed by atoms with Crippen molar-refractivity contribution in [2.24, 2.45) is 0 Å². The van der Waals surface area contributed by atoms with Crippen molar-refractivity contribution in [2.45, 2.75) is 26.4 Å². The zero-order valence-electron chi connectivity index (χ0n) is 11.1. The summed E-state index contributed by atoms with van der Waals surface area (Å²) in [5.74, 6) is 0.0488. The highest BCUT2D eigenvalue weighted by Crippen LogP contribution is 2.11. The molecule has 4 heteroatoms. The molecule has 1 rings (SSSR count). The molecule has 0 saturated carbocycles. The molecule has 0 aliphatic rings. The number of rotatable bonds is 5. The summed E-state index contributed by atoms with van der Waals surface area (Å²) in [4.78, 5) is 13.8. The second kappa shape index (κ2) is 6.77. The monoisotopic (exact) mass is 245 g/mol. The van der Waals surface area contributed by atoms with Crippen LogP contribution in [0, 0.1) is 11.3 Å². The van der Waals surface area contributed by atoms with E-state index in [1.165, 1.54) is 0 Å². The summed E-state index contributed by atoms with van der Waals surface area (Å²) in [6.45, 7) is 4.88. The van der Waals surface area contributed by atoms with E-state index in [0.717, 1.165) is 5.56 Å². The zero-order chi connectivity index (χ0) is 13.5. The van der Waals surface area contributed by atoms with Crippen molar-refractivity contribution in [2.75, 3.05) is 13.6 Å². The molecule has 0 bridgehead atoms. The number of benzene rings is 1. The molecule has 0 saturated heterocycles. The lowest BCUT2D eigenvalue weighted by Crippen LogP contribution is -2.43. The van der Waals surface area contributed by atoms with E-state index in [-0.39, 0.29) is 11.9 Å². The van der Waals surface area contributed by atoms with Gasteiger partial charge < -0.3 is 10.2 Å². The lowest BCUT2D eigenvalue weighted by atomic mass is 10.1. The Labute approximate surface area is 108 Å². The molecule has 4 nitrogen and oxygen atoms in total. The first-order chi connectivity index (χ1) is 8.63. The molecule has 0 fully saturated rings. The van der Waals surface area contributed by atoms with Crippen molar-refractivity contribution < 1.29 is 4.79 Å². The minimum Gasteiger partial charge on any atom is -0.337 e. The summed E-state index contributed by atoms with van der Waals surface area (Å²) in [6, 6.07) is 9.32. The fourth-order valence-electron chi connectivity index (χ4n) is 1.72. The number of likely N-dealkylation sites (N-methyl/N-ethyl adjacent to an activating group) is 2. The topological polar surface area (TPSA) is 56.1 Å². The number of hydrogen-bond acceptors (Lipinski definition) is 3. The van der Waals surface area contributed by atoms with Crippen LogP contribution >= 0.6 is 0 Å². The number of amides is 1. The van der Waals surface area contributed by atoms with Crippen molar-refractivity contribution >= 4 is 5.91 Å². The summed E-state index contributed by atoms with van der Waals surface area (Å²) < 4.78 is 0. The van der Waals surface area contributed by atoms with E-state index in [2.05, 4.69) is 11.4 Å². The van der Waals surface area contributed by atoms with E-state index in [0.29, 0.717) is 18.7 Å². The van der Waals surface area contributed by atoms with Gasteiger partial charge in [0.25, 0.3) is 0 Å². The van der Waals surface area contributed by atoms with E-state index in [4.69, 9.17) is 5.26 Å². The molecule has 1 unspecified atom stereocenters. The van der Waals surface area contributed by atoms with Gasteiger partial charge in [0, 0.05) is 13.1 Å². The predicted octanol–water partition coefficient (Wildman–Crippen LogP) is 1.51. The molecule has 1 aromatic carbocycles. The van der Waals surface area contributed by atoms with Crippen LogP contribution in [-0.2, 0) is 11.3 Å². The van der Waals surface area contributed by atoms with Crippen molar-refractivity contribution in [3.8, 4) is 6.07 Å². The molecule has 0 aliphatic heterocycles. The van der Waals surface area contributed by atoms with E-state index in [1.807, 2.05) is 32.0 Å². The molecule has 0 heterocycles.